The average Bonchev–Trinajstić information content (AvgIpc) is 2.36. The standard InChI is InChI=1S/C14H22INO/c1-6-10(4)14(16-13(15)8-3)12(7-2)11(5)9-17/h3,10,13,17H,6-7,9H2,1-2,4-5H3/b12-11+,16-14?/t10-,13-/m0/s1. The first kappa shape index (κ1) is 16.7. The summed E-state index contributed by atoms with van der Waals surface area (Å²) in [6.45, 7) is 8.42. The van der Waals surface area contributed by atoms with Gasteiger partial charge in [0.15, 0.2) is 4.05 Å². The SMILES string of the molecule is C#C[C@@H](I)N=C(/C(CC)=C(\C)CO)[C@@H](C)CC. The van der Waals surface area contributed by atoms with Crippen LogP contribution in [0.2, 0.25) is 0 Å². The number of hydrogen-bond donors (Lipinski definition) is 1. The number of alkyl halides is 1. The lowest BCUT2D eigenvalue weighted by molar-refractivity contribution is 0.330. The molecule has 0 amide bonds. The van der Waals surface area contributed by atoms with Crippen LogP contribution in [-0.4, -0.2) is 21.5 Å². The average molecular weight is 347 g/mol. The molecule has 0 saturated carbocycles. The van der Waals surface area contributed by atoms with Crippen molar-refractivity contribution in [3.63, 3.8) is 0 Å². The van der Waals surface area contributed by atoms with Gasteiger partial charge in [0.2, 0.25) is 0 Å². The van der Waals surface area contributed by atoms with Crippen molar-refractivity contribution in [2.75, 3.05) is 6.61 Å². The van der Waals surface area contributed by atoms with Crippen LogP contribution in [0.25, 0.3) is 0 Å². The maximum Gasteiger partial charge on any atom is 0.161 e. The number of rotatable bonds is 6. The van der Waals surface area contributed by atoms with Crippen molar-refractivity contribution in [1.29, 1.82) is 0 Å². The Morgan fingerprint density at radius 1 is 1.47 bits per heavy atom. The zero-order valence-electron chi connectivity index (χ0n) is 11.1. The molecule has 0 fully saturated rings. The molecule has 3 heteroatoms. The zero-order chi connectivity index (χ0) is 13.4. The van der Waals surface area contributed by atoms with Crippen molar-refractivity contribution < 1.29 is 5.11 Å². The van der Waals surface area contributed by atoms with Crippen LogP contribution in [0.3, 0.4) is 0 Å². The Bertz CT molecular complexity index is 339. The van der Waals surface area contributed by atoms with Crippen molar-refractivity contribution in [2.45, 2.75) is 44.6 Å². The molecule has 2 nitrogen and oxygen atoms in total. The minimum Gasteiger partial charge on any atom is -0.392 e. The maximum absolute atomic E-state index is 9.28. The molecule has 0 aromatic rings. The third kappa shape index (κ3) is 5.22. The van der Waals surface area contributed by atoms with Crippen LogP contribution in [0.4, 0.5) is 0 Å². The highest BCUT2D eigenvalue weighted by molar-refractivity contribution is 14.1. The van der Waals surface area contributed by atoms with Gasteiger partial charge in [-0.15, -0.1) is 6.42 Å². The Balaban J connectivity index is 5.47. The van der Waals surface area contributed by atoms with Crippen LogP contribution in [0.1, 0.15) is 40.5 Å². The first-order valence-electron chi connectivity index (χ1n) is 5.99. The maximum atomic E-state index is 9.28. The molecule has 0 aromatic heterocycles. The summed E-state index contributed by atoms with van der Waals surface area (Å²) in [7, 11) is 0. The highest BCUT2D eigenvalue weighted by Gasteiger charge is 2.16. The second-order valence-corrected chi connectivity index (χ2v) is 5.28. The van der Waals surface area contributed by atoms with Crippen LogP contribution >= 0.6 is 22.6 Å². The summed E-state index contributed by atoms with van der Waals surface area (Å²) in [6.07, 6.45) is 7.28. The molecule has 0 aromatic carbocycles. The summed E-state index contributed by atoms with van der Waals surface area (Å²) in [5.74, 6) is 3.00. The molecule has 0 spiro atoms. The molecule has 0 aliphatic rings. The largest absolute Gasteiger partial charge is 0.392 e. The van der Waals surface area contributed by atoms with E-state index < -0.39 is 0 Å². The Kier molecular flexibility index (Phi) is 8.53. The third-order valence-electron chi connectivity index (χ3n) is 2.88. The van der Waals surface area contributed by atoms with E-state index in [9.17, 15) is 5.11 Å². The Labute approximate surface area is 119 Å². The predicted molar refractivity (Wildman–Crippen MR) is 83.6 cm³/mol. The summed E-state index contributed by atoms with van der Waals surface area (Å²) >= 11 is 2.15. The van der Waals surface area contributed by atoms with Gasteiger partial charge in [-0.3, -0.25) is 4.99 Å². The van der Waals surface area contributed by atoms with E-state index in [4.69, 9.17) is 6.42 Å². The lowest BCUT2D eigenvalue weighted by Gasteiger charge is -2.18. The van der Waals surface area contributed by atoms with Gasteiger partial charge in [-0.1, -0.05) is 26.7 Å². The monoisotopic (exact) mass is 347 g/mol. The van der Waals surface area contributed by atoms with E-state index in [0.29, 0.717) is 5.92 Å². The van der Waals surface area contributed by atoms with Crippen LogP contribution in [0.5, 0.6) is 0 Å². The fourth-order valence-corrected chi connectivity index (χ4v) is 1.95. The van der Waals surface area contributed by atoms with Gasteiger partial charge in [0.25, 0.3) is 0 Å². The molecular weight excluding hydrogens is 325 g/mol. The number of aliphatic hydroxyl groups excluding tert-OH is 1. The number of allylic oxidation sites excluding steroid dienone is 1. The number of terminal acetylenes is 1. The van der Waals surface area contributed by atoms with Gasteiger partial charge in [-0.25, -0.2) is 0 Å². The van der Waals surface area contributed by atoms with Gasteiger partial charge >= 0.3 is 0 Å². The van der Waals surface area contributed by atoms with Gasteiger partial charge in [0, 0.05) is 5.71 Å². The van der Waals surface area contributed by atoms with Gasteiger partial charge in [0.1, 0.15) is 0 Å². The summed E-state index contributed by atoms with van der Waals surface area (Å²) in [6, 6.07) is 0. The Hall–Kier alpha value is -0.340. The van der Waals surface area contributed by atoms with Gasteiger partial charge in [-0.05, 0) is 59.4 Å². The molecule has 96 valence electrons. The molecule has 0 heterocycles. The minimum absolute atomic E-state index is 0.0839. The Morgan fingerprint density at radius 2 is 2.06 bits per heavy atom. The smallest absolute Gasteiger partial charge is 0.161 e. The second kappa shape index (κ2) is 8.71. The lowest BCUT2D eigenvalue weighted by atomic mass is 9.91. The fourth-order valence-electron chi connectivity index (χ4n) is 1.65. The summed E-state index contributed by atoms with van der Waals surface area (Å²) in [5.41, 5.74) is 3.20. The van der Waals surface area contributed by atoms with Crippen LogP contribution < -0.4 is 0 Å². The van der Waals surface area contributed by atoms with Crippen molar-refractivity contribution >= 4 is 28.3 Å². The third-order valence-corrected chi connectivity index (χ3v) is 3.52. The number of aliphatic imine (C=N–C) groups is 1. The highest BCUT2D eigenvalue weighted by atomic mass is 127. The second-order valence-electron chi connectivity index (χ2n) is 4.10. The molecule has 17 heavy (non-hydrogen) atoms. The predicted octanol–water partition coefficient (Wildman–Crippen LogP) is 3.59. The topological polar surface area (TPSA) is 32.6 Å². The highest BCUT2D eigenvalue weighted by Crippen LogP contribution is 2.20. The zero-order valence-corrected chi connectivity index (χ0v) is 13.3. The molecule has 0 unspecified atom stereocenters. The van der Waals surface area contributed by atoms with E-state index in [2.05, 4.69) is 54.3 Å². The van der Waals surface area contributed by atoms with Gasteiger partial charge < -0.3 is 5.11 Å². The molecule has 0 rings (SSSR count). The van der Waals surface area contributed by atoms with Crippen molar-refractivity contribution in [3.05, 3.63) is 11.1 Å². The Morgan fingerprint density at radius 3 is 2.41 bits per heavy atom. The van der Waals surface area contributed by atoms with Crippen molar-refractivity contribution in [3.8, 4) is 12.3 Å². The minimum atomic E-state index is -0.135. The first-order valence-corrected chi connectivity index (χ1v) is 7.23. The first-order chi connectivity index (χ1) is 8.01. The molecule has 0 aliphatic heterocycles. The van der Waals surface area contributed by atoms with E-state index in [0.717, 1.165) is 29.7 Å². The summed E-state index contributed by atoms with van der Waals surface area (Å²) < 4.78 is -0.135. The van der Waals surface area contributed by atoms with Crippen LogP contribution in [-0.2, 0) is 0 Å². The molecule has 0 aliphatic carbocycles. The molecule has 1 N–H and O–H groups in total. The van der Waals surface area contributed by atoms with E-state index in [-0.39, 0.29) is 10.7 Å². The van der Waals surface area contributed by atoms with Gasteiger partial charge in [-0.2, -0.15) is 0 Å². The van der Waals surface area contributed by atoms with Crippen LogP contribution in [0.15, 0.2) is 16.1 Å². The fraction of sp³-hybridized carbons (Fsp3) is 0.643. The molecule has 0 radical (unpaired) electrons. The number of nitrogens with zero attached hydrogens (tertiary/aromatic N) is 1. The van der Waals surface area contributed by atoms with E-state index in [1.54, 1.807) is 0 Å². The molecule has 2 atom stereocenters. The number of halogens is 1. The number of aliphatic hydroxyl groups is 1. The van der Waals surface area contributed by atoms with Crippen molar-refractivity contribution in [1.82, 2.24) is 0 Å². The molecule has 0 bridgehead atoms. The quantitative estimate of drug-likeness (QED) is 0.257. The summed E-state index contributed by atoms with van der Waals surface area (Å²) in [4.78, 5) is 4.60. The molecule has 0 saturated heterocycles. The normalized spacial score (nSPS) is 17.1. The van der Waals surface area contributed by atoms with Crippen LogP contribution in [0, 0.1) is 18.3 Å². The summed E-state index contributed by atoms with van der Waals surface area (Å²) in [5, 5.41) is 9.28. The van der Waals surface area contributed by atoms with Gasteiger partial charge in [0.05, 0.1) is 6.61 Å². The van der Waals surface area contributed by atoms with E-state index >= 15 is 0 Å². The van der Waals surface area contributed by atoms with Crippen molar-refractivity contribution in [2.24, 2.45) is 10.9 Å². The van der Waals surface area contributed by atoms with E-state index in [1.807, 2.05) is 6.92 Å². The number of hydrogen-bond acceptors (Lipinski definition) is 2. The van der Waals surface area contributed by atoms with E-state index in [1.165, 1.54) is 0 Å². The lowest BCUT2D eigenvalue weighted by Crippen LogP contribution is -2.17. The molecular formula is C14H22INO.